The summed E-state index contributed by atoms with van der Waals surface area (Å²) in [7, 11) is 0. The van der Waals surface area contributed by atoms with Gasteiger partial charge in [0.25, 0.3) is 0 Å². The highest BCUT2D eigenvalue weighted by atomic mass is 35.5. The molecule has 0 bridgehead atoms. The molecule has 2 aromatic rings. The van der Waals surface area contributed by atoms with E-state index in [2.05, 4.69) is 11.1 Å². The Balaban J connectivity index is 2.61. The number of hydrogen-bond donors (Lipinski definition) is 1. The smallest absolute Gasteiger partial charge is 0.124 e. The SMILES string of the molecule is N#CCc1nc2cc(Cl)ccc2n1CCO. The van der Waals surface area contributed by atoms with E-state index in [9.17, 15) is 0 Å². The predicted octanol–water partition coefficient (Wildman–Crippen LogP) is 1.75. The van der Waals surface area contributed by atoms with Crippen LogP contribution in [0.15, 0.2) is 18.2 Å². The van der Waals surface area contributed by atoms with Crippen molar-refractivity contribution in [1.29, 1.82) is 5.26 Å². The molecule has 16 heavy (non-hydrogen) atoms. The van der Waals surface area contributed by atoms with E-state index in [-0.39, 0.29) is 13.0 Å². The quantitative estimate of drug-likeness (QED) is 0.882. The Morgan fingerprint density at radius 1 is 1.50 bits per heavy atom. The number of fused-ring (bicyclic) bond motifs is 1. The van der Waals surface area contributed by atoms with Gasteiger partial charge in [0.15, 0.2) is 0 Å². The molecule has 5 heteroatoms. The fourth-order valence-corrected chi connectivity index (χ4v) is 1.87. The van der Waals surface area contributed by atoms with Crippen LogP contribution in [0.1, 0.15) is 5.82 Å². The van der Waals surface area contributed by atoms with Crippen LogP contribution in [-0.2, 0) is 13.0 Å². The molecule has 0 radical (unpaired) electrons. The van der Waals surface area contributed by atoms with Gasteiger partial charge in [-0.1, -0.05) is 11.6 Å². The Kier molecular flexibility index (Phi) is 3.09. The number of rotatable bonds is 3. The number of aliphatic hydroxyl groups excluding tert-OH is 1. The summed E-state index contributed by atoms with van der Waals surface area (Å²) in [6, 6.07) is 7.44. The third kappa shape index (κ3) is 1.87. The summed E-state index contributed by atoms with van der Waals surface area (Å²) >= 11 is 5.87. The molecule has 4 nitrogen and oxygen atoms in total. The van der Waals surface area contributed by atoms with Crippen LogP contribution in [-0.4, -0.2) is 21.3 Å². The molecule has 0 unspecified atom stereocenters. The molecule has 1 heterocycles. The van der Waals surface area contributed by atoms with Crippen molar-refractivity contribution < 1.29 is 5.11 Å². The highest BCUT2D eigenvalue weighted by molar-refractivity contribution is 6.31. The lowest BCUT2D eigenvalue weighted by atomic mass is 10.3. The molecule has 0 aliphatic carbocycles. The second-order valence-electron chi connectivity index (χ2n) is 3.37. The lowest BCUT2D eigenvalue weighted by Crippen LogP contribution is -2.06. The monoisotopic (exact) mass is 235 g/mol. The molecule has 1 aromatic heterocycles. The van der Waals surface area contributed by atoms with Gasteiger partial charge in [0, 0.05) is 11.6 Å². The maximum absolute atomic E-state index is 8.99. The molecular formula is C11H10ClN3O. The zero-order chi connectivity index (χ0) is 11.5. The van der Waals surface area contributed by atoms with E-state index in [1.807, 2.05) is 10.6 Å². The van der Waals surface area contributed by atoms with Crippen LogP contribution in [0.4, 0.5) is 0 Å². The van der Waals surface area contributed by atoms with E-state index < -0.39 is 0 Å². The molecule has 0 spiro atoms. The van der Waals surface area contributed by atoms with Crippen LogP contribution in [0.3, 0.4) is 0 Å². The Hall–Kier alpha value is -1.57. The Morgan fingerprint density at radius 3 is 3.00 bits per heavy atom. The summed E-state index contributed by atoms with van der Waals surface area (Å²) in [5, 5.41) is 18.3. The number of imidazole rings is 1. The molecule has 2 rings (SSSR count). The van der Waals surface area contributed by atoms with Crippen molar-refractivity contribution in [3.05, 3.63) is 29.0 Å². The number of halogens is 1. The van der Waals surface area contributed by atoms with Gasteiger partial charge in [0.2, 0.25) is 0 Å². The van der Waals surface area contributed by atoms with Gasteiger partial charge in [0.1, 0.15) is 5.82 Å². The van der Waals surface area contributed by atoms with Gasteiger partial charge in [-0.25, -0.2) is 4.98 Å². The molecule has 0 aliphatic heterocycles. The summed E-state index contributed by atoms with van der Waals surface area (Å²) in [5.74, 6) is 0.661. The normalized spacial score (nSPS) is 10.6. The fourth-order valence-electron chi connectivity index (χ4n) is 1.71. The van der Waals surface area contributed by atoms with Crippen LogP contribution in [0, 0.1) is 11.3 Å². The van der Waals surface area contributed by atoms with Crippen molar-refractivity contribution >= 4 is 22.6 Å². The largest absolute Gasteiger partial charge is 0.395 e. The number of aliphatic hydroxyl groups is 1. The average Bonchev–Trinajstić information content (AvgIpc) is 2.57. The predicted molar refractivity (Wildman–Crippen MR) is 61.1 cm³/mol. The van der Waals surface area contributed by atoms with Crippen LogP contribution in [0.2, 0.25) is 5.02 Å². The summed E-state index contributed by atoms with van der Waals surface area (Å²) in [5.41, 5.74) is 1.65. The summed E-state index contributed by atoms with van der Waals surface area (Å²) < 4.78 is 1.84. The van der Waals surface area contributed by atoms with Crippen LogP contribution >= 0.6 is 11.6 Å². The van der Waals surface area contributed by atoms with E-state index in [0.717, 1.165) is 11.0 Å². The van der Waals surface area contributed by atoms with Crippen molar-refractivity contribution in [2.45, 2.75) is 13.0 Å². The second kappa shape index (κ2) is 4.52. The molecule has 82 valence electrons. The van der Waals surface area contributed by atoms with Gasteiger partial charge in [-0.15, -0.1) is 0 Å². The van der Waals surface area contributed by atoms with Crippen molar-refractivity contribution in [1.82, 2.24) is 9.55 Å². The van der Waals surface area contributed by atoms with Crippen LogP contribution < -0.4 is 0 Å². The first-order valence-electron chi connectivity index (χ1n) is 4.88. The number of nitriles is 1. The molecule has 1 N–H and O–H groups in total. The molecule has 0 aliphatic rings. The van der Waals surface area contributed by atoms with Gasteiger partial charge < -0.3 is 9.67 Å². The topological polar surface area (TPSA) is 61.8 Å². The number of hydrogen-bond acceptors (Lipinski definition) is 3. The van der Waals surface area contributed by atoms with Gasteiger partial charge in [-0.3, -0.25) is 0 Å². The molecule has 0 atom stereocenters. The highest BCUT2D eigenvalue weighted by Crippen LogP contribution is 2.20. The van der Waals surface area contributed by atoms with Gasteiger partial charge >= 0.3 is 0 Å². The fraction of sp³-hybridized carbons (Fsp3) is 0.273. The zero-order valence-electron chi connectivity index (χ0n) is 8.52. The number of aromatic nitrogens is 2. The average molecular weight is 236 g/mol. The standard InChI is InChI=1S/C11H10ClN3O/c12-8-1-2-10-9(7-8)14-11(3-4-13)15(10)5-6-16/h1-2,7,16H,3,5-6H2. The minimum atomic E-state index is 0.0204. The third-order valence-corrected chi connectivity index (χ3v) is 2.59. The molecule has 0 fully saturated rings. The number of nitrogens with zero attached hydrogens (tertiary/aromatic N) is 3. The van der Waals surface area contributed by atoms with Crippen LogP contribution in [0.25, 0.3) is 11.0 Å². The van der Waals surface area contributed by atoms with Crippen molar-refractivity contribution in [2.24, 2.45) is 0 Å². The maximum atomic E-state index is 8.99. The molecule has 0 saturated carbocycles. The first-order chi connectivity index (χ1) is 7.76. The first-order valence-corrected chi connectivity index (χ1v) is 5.26. The summed E-state index contributed by atoms with van der Waals surface area (Å²) in [4.78, 5) is 4.33. The van der Waals surface area contributed by atoms with E-state index in [0.29, 0.717) is 17.4 Å². The van der Waals surface area contributed by atoms with Gasteiger partial charge in [-0.2, -0.15) is 5.26 Å². The van der Waals surface area contributed by atoms with Crippen LogP contribution in [0.5, 0.6) is 0 Å². The Morgan fingerprint density at radius 2 is 2.31 bits per heavy atom. The van der Waals surface area contributed by atoms with E-state index in [1.165, 1.54) is 0 Å². The van der Waals surface area contributed by atoms with E-state index in [1.54, 1.807) is 12.1 Å². The van der Waals surface area contributed by atoms with E-state index >= 15 is 0 Å². The van der Waals surface area contributed by atoms with Gasteiger partial charge in [0.05, 0.1) is 30.1 Å². The minimum Gasteiger partial charge on any atom is -0.395 e. The Bertz CT molecular complexity index is 556. The third-order valence-electron chi connectivity index (χ3n) is 2.35. The van der Waals surface area contributed by atoms with E-state index in [4.69, 9.17) is 22.0 Å². The van der Waals surface area contributed by atoms with Gasteiger partial charge in [-0.05, 0) is 18.2 Å². The molecule has 1 aromatic carbocycles. The number of benzene rings is 1. The van der Waals surface area contributed by atoms with Crippen molar-refractivity contribution in [3.63, 3.8) is 0 Å². The Labute approximate surface area is 97.7 Å². The first kappa shape index (κ1) is 10.9. The molecule has 0 amide bonds. The summed E-state index contributed by atoms with van der Waals surface area (Å²) in [6.07, 6.45) is 0.228. The maximum Gasteiger partial charge on any atom is 0.124 e. The second-order valence-corrected chi connectivity index (χ2v) is 3.81. The molecular weight excluding hydrogens is 226 g/mol. The summed E-state index contributed by atoms with van der Waals surface area (Å²) in [6.45, 7) is 0.460. The molecule has 0 saturated heterocycles. The minimum absolute atomic E-state index is 0.0204. The zero-order valence-corrected chi connectivity index (χ0v) is 9.28. The van der Waals surface area contributed by atoms with Crippen molar-refractivity contribution in [2.75, 3.05) is 6.61 Å². The lowest BCUT2D eigenvalue weighted by molar-refractivity contribution is 0.276. The highest BCUT2D eigenvalue weighted by Gasteiger charge is 2.09. The van der Waals surface area contributed by atoms with Crippen molar-refractivity contribution in [3.8, 4) is 6.07 Å². The lowest BCUT2D eigenvalue weighted by Gasteiger charge is -2.04.